The fourth-order valence-electron chi connectivity index (χ4n) is 2.48. The van der Waals surface area contributed by atoms with Crippen molar-refractivity contribution in [2.75, 3.05) is 0 Å². The molecular weight excluding hydrogens is 333 g/mol. The lowest BCUT2D eigenvalue weighted by atomic mass is 10.0. The first-order valence-electron chi connectivity index (χ1n) is 7.33. The summed E-state index contributed by atoms with van der Waals surface area (Å²) in [5.74, 6) is -0.0149. The fraction of sp³-hybridized carbons (Fsp3) is 0.111. The molecule has 0 saturated heterocycles. The van der Waals surface area contributed by atoms with Gasteiger partial charge in [0.05, 0.1) is 5.69 Å². The molecule has 0 fully saturated rings. The van der Waals surface area contributed by atoms with Crippen molar-refractivity contribution in [2.24, 2.45) is 0 Å². The lowest BCUT2D eigenvalue weighted by Gasteiger charge is -2.09. The van der Waals surface area contributed by atoms with Gasteiger partial charge in [-0.2, -0.15) is 18.2 Å². The van der Waals surface area contributed by atoms with Crippen LogP contribution in [-0.2, 0) is 6.18 Å². The molecule has 0 amide bonds. The highest BCUT2D eigenvalue weighted by Gasteiger charge is 2.32. The van der Waals surface area contributed by atoms with Gasteiger partial charge < -0.3 is 10.1 Å². The van der Waals surface area contributed by atoms with Gasteiger partial charge in [-0.1, -0.05) is 24.3 Å². The summed E-state index contributed by atoms with van der Waals surface area (Å²) in [4.78, 5) is 16.7. The van der Waals surface area contributed by atoms with E-state index in [1.807, 2.05) is 24.3 Å². The minimum absolute atomic E-state index is 0.0149. The van der Waals surface area contributed by atoms with E-state index >= 15 is 0 Å². The molecule has 1 aromatic heterocycles. The zero-order valence-corrected chi connectivity index (χ0v) is 13.1. The highest BCUT2D eigenvalue weighted by Crippen LogP contribution is 2.30. The molecule has 25 heavy (non-hydrogen) atoms. The van der Waals surface area contributed by atoms with E-state index in [1.54, 1.807) is 17.1 Å². The number of H-pyrrole nitrogens is 1. The summed E-state index contributed by atoms with van der Waals surface area (Å²) in [7, 11) is 0. The first-order valence-corrected chi connectivity index (χ1v) is 7.33. The number of allylic oxidation sites excluding steroid dienone is 1. The van der Waals surface area contributed by atoms with Gasteiger partial charge in [0, 0.05) is 5.56 Å². The molecule has 7 heteroatoms. The quantitative estimate of drug-likeness (QED) is 0.731. The molecule has 0 spiro atoms. The summed E-state index contributed by atoms with van der Waals surface area (Å²) < 4.78 is 38.5. The first-order chi connectivity index (χ1) is 11.7. The Labute approximate surface area is 140 Å². The van der Waals surface area contributed by atoms with Crippen molar-refractivity contribution in [3.63, 3.8) is 0 Å². The highest BCUT2D eigenvalue weighted by atomic mass is 19.4. The van der Waals surface area contributed by atoms with Crippen molar-refractivity contribution < 1.29 is 18.3 Å². The molecule has 0 aliphatic rings. The van der Waals surface area contributed by atoms with Gasteiger partial charge in [-0.15, -0.1) is 0 Å². The summed E-state index contributed by atoms with van der Waals surface area (Å²) in [6, 6.07) is 11.4. The number of nitrogens with one attached hydrogen (secondary N) is 1. The van der Waals surface area contributed by atoms with Gasteiger partial charge in [-0.3, -0.25) is 0 Å². The predicted octanol–water partition coefficient (Wildman–Crippen LogP) is 4.21. The molecule has 0 saturated carbocycles. The molecule has 0 aliphatic heterocycles. The third kappa shape index (κ3) is 3.55. The summed E-state index contributed by atoms with van der Waals surface area (Å²) in [6.07, 6.45) is -3.19. The number of fused-ring (bicyclic) bond motifs is 1. The smallest absolute Gasteiger partial charge is 0.431 e. The average Bonchev–Trinajstić information content (AvgIpc) is 2.54. The molecule has 3 aromatic rings. The number of halogens is 3. The molecule has 4 nitrogen and oxygen atoms in total. The summed E-state index contributed by atoms with van der Waals surface area (Å²) >= 11 is 0. The SMILES string of the molecule is C/C(=C\c1cc2ccccc2cc1O)c1cc(C(F)(F)F)[nH]c(=O)n1. The van der Waals surface area contributed by atoms with E-state index in [0.29, 0.717) is 11.1 Å². The van der Waals surface area contributed by atoms with E-state index < -0.39 is 17.6 Å². The van der Waals surface area contributed by atoms with Crippen molar-refractivity contribution in [3.05, 3.63) is 69.9 Å². The second-order valence-electron chi connectivity index (χ2n) is 5.57. The van der Waals surface area contributed by atoms with Gasteiger partial charge in [0.15, 0.2) is 0 Å². The number of hydrogen-bond donors (Lipinski definition) is 2. The number of aromatic hydroxyl groups is 1. The fourth-order valence-corrected chi connectivity index (χ4v) is 2.48. The van der Waals surface area contributed by atoms with Gasteiger partial charge in [0.1, 0.15) is 11.4 Å². The van der Waals surface area contributed by atoms with Crippen LogP contribution >= 0.6 is 0 Å². The molecule has 0 unspecified atom stereocenters. The average molecular weight is 346 g/mol. The van der Waals surface area contributed by atoms with Crippen molar-refractivity contribution in [1.82, 2.24) is 9.97 Å². The molecule has 0 bridgehead atoms. The molecule has 0 radical (unpaired) electrons. The van der Waals surface area contributed by atoms with Gasteiger partial charge in [-0.05, 0) is 47.5 Å². The normalized spacial score (nSPS) is 12.6. The highest BCUT2D eigenvalue weighted by molar-refractivity contribution is 5.90. The molecule has 0 atom stereocenters. The maximum absolute atomic E-state index is 12.8. The van der Waals surface area contributed by atoms with Crippen molar-refractivity contribution in [1.29, 1.82) is 0 Å². The largest absolute Gasteiger partial charge is 0.507 e. The van der Waals surface area contributed by atoms with Crippen molar-refractivity contribution in [2.45, 2.75) is 13.1 Å². The maximum atomic E-state index is 12.8. The molecule has 128 valence electrons. The Kier molecular flexibility index (Phi) is 4.08. The third-order valence-corrected chi connectivity index (χ3v) is 3.72. The van der Waals surface area contributed by atoms with Crippen LogP contribution in [-0.4, -0.2) is 15.1 Å². The third-order valence-electron chi connectivity index (χ3n) is 3.72. The number of rotatable bonds is 2. The van der Waals surface area contributed by atoms with E-state index in [9.17, 15) is 23.1 Å². The van der Waals surface area contributed by atoms with Gasteiger partial charge in [0.25, 0.3) is 0 Å². The van der Waals surface area contributed by atoms with Crippen LogP contribution in [0.2, 0.25) is 0 Å². The van der Waals surface area contributed by atoms with Crippen molar-refractivity contribution >= 4 is 22.4 Å². The topological polar surface area (TPSA) is 66.0 Å². The van der Waals surface area contributed by atoms with Gasteiger partial charge >= 0.3 is 11.9 Å². The second kappa shape index (κ2) is 6.08. The van der Waals surface area contributed by atoms with Crippen LogP contribution in [0.1, 0.15) is 23.9 Å². The molecule has 1 heterocycles. The number of benzene rings is 2. The van der Waals surface area contributed by atoms with Crippen LogP contribution in [0.5, 0.6) is 5.75 Å². The minimum atomic E-state index is -4.68. The molecule has 2 aromatic carbocycles. The van der Waals surface area contributed by atoms with Crippen LogP contribution in [0.25, 0.3) is 22.4 Å². The van der Waals surface area contributed by atoms with Crippen LogP contribution in [0.3, 0.4) is 0 Å². The minimum Gasteiger partial charge on any atom is -0.507 e. The summed E-state index contributed by atoms with van der Waals surface area (Å²) in [5.41, 5.74) is -1.61. The molecule has 3 rings (SSSR count). The Morgan fingerprint density at radius 2 is 1.80 bits per heavy atom. The standard InChI is InChI=1S/C18H13F3N2O2/c1-10(14-9-16(18(19,20)21)23-17(25)22-14)6-13-7-11-4-2-3-5-12(11)8-15(13)24/h2-9,24H,1H3,(H,22,23,25)/b10-6+. The van der Waals surface area contributed by atoms with E-state index in [4.69, 9.17) is 0 Å². The van der Waals surface area contributed by atoms with Crippen LogP contribution < -0.4 is 5.69 Å². The first kappa shape index (κ1) is 16.8. The Morgan fingerprint density at radius 3 is 2.44 bits per heavy atom. The molecule has 2 N–H and O–H groups in total. The lowest BCUT2D eigenvalue weighted by Crippen LogP contribution is -2.20. The second-order valence-corrected chi connectivity index (χ2v) is 5.57. The van der Waals surface area contributed by atoms with Crippen LogP contribution in [0.15, 0.2) is 47.3 Å². The van der Waals surface area contributed by atoms with Crippen LogP contribution in [0.4, 0.5) is 13.2 Å². The Balaban J connectivity index is 2.09. The molecule has 0 aliphatic carbocycles. The summed E-state index contributed by atoms with van der Waals surface area (Å²) in [5, 5.41) is 11.8. The van der Waals surface area contributed by atoms with E-state index in [2.05, 4.69) is 4.98 Å². The van der Waals surface area contributed by atoms with E-state index in [1.165, 1.54) is 13.0 Å². The Hall–Kier alpha value is -3.09. The predicted molar refractivity (Wildman–Crippen MR) is 89.0 cm³/mol. The van der Waals surface area contributed by atoms with Crippen LogP contribution in [0, 0.1) is 0 Å². The number of aromatic nitrogens is 2. The van der Waals surface area contributed by atoms with E-state index in [0.717, 1.165) is 16.8 Å². The number of alkyl halides is 3. The van der Waals surface area contributed by atoms with Gasteiger partial charge in [-0.25, -0.2) is 4.79 Å². The Morgan fingerprint density at radius 1 is 1.16 bits per heavy atom. The monoisotopic (exact) mass is 346 g/mol. The summed E-state index contributed by atoms with van der Waals surface area (Å²) in [6.45, 7) is 1.52. The number of hydrogen-bond acceptors (Lipinski definition) is 3. The number of nitrogens with zero attached hydrogens (tertiary/aromatic N) is 1. The number of phenolic OH excluding ortho intramolecular Hbond substituents is 1. The van der Waals surface area contributed by atoms with E-state index in [-0.39, 0.29) is 11.4 Å². The lowest BCUT2D eigenvalue weighted by molar-refractivity contribution is -0.141. The van der Waals surface area contributed by atoms with Crippen molar-refractivity contribution in [3.8, 4) is 5.75 Å². The maximum Gasteiger partial charge on any atom is 0.431 e. The zero-order chi connectivity index (χ0) is 18.2. The number of aromatic amines is 1. The van der Waals surface area contributed by atoms with Gasteiger partial charge in [0.2, 0.25) is 0 Å². The Bertz CT molecular complexity index is 1040. The zero-order valence-electron chi connectivity index (χ0n) is 13.1. The molecular formula is C18H13F3N2O2. The number of phenols is 1.